The van der Waals surface area contributed by atoms with Gasteiger partial charge in [-0.25, -0.2) is 0 Å². The van der Waals surface area contributed by atoms with Crippen molar-refractivity contribution < 1.29 is 0 Å². The molecule has 2 aromatic carbocycles. The molecule has 2 heterocycles. The van der Waals surface area contributed by atoms with Crippen molar-refractivity contribution >= 4 is 11.4 Å². The molecule has 0 spiro atoms. The fourth-order valence-electron chi connectivity index (χ4n) is 9.62. The highest BCUT2D eigenvalue weighted by Crippen LogP contribution is 2.69. The lowest BCUT2D eigenvalue weighted by atomic mass is 9.70. The highest BCUT2D eigenvalue weighted by atomic mass is 15.2. The molecule has 6 nitrogen and oxygen atoms in total. The van der Waals surface area contributed by atoms with Crippen LogP contribution in [-0.4, -0.2) is 33.5 Å². The van der Waals surface area contributed by atoms with Gasteiger partial charge in [0.15, 0.2) is 0 Å². The van der Waals surface area contributed by atoms with E-state index < -0.39 is 0 Å². The molecule has 0 saturated heterocycles. The van der Waals surface area contributed by atoms with Crippen molar-refractivity contribution in [3.63, 3.8) is 0 Å². The summed E-state index contributed by atoms with van der Waals surface area (Å²) in [4.78, 5) is 0. The van der Waals surface area contributed by atoms with Gasteiger partial charge >= 0.3 is 0 Å². The first-order valence-electron chi connectivity index (χ1n) is 15.9. The summed E-state index contributed by atoms with van der Waals surface area (Å²) in [6.45, 7) is 16.2. The lowest BCUT2D eigenvalue weighted by Crippen LogP contribution is -2.32. The molecule has 4 aromatic rings. The molecule has 42 heavy (non-hydrogen) atoms. The van der Waals surface area contributed by atoms with Crippen LogP contribution in [0.15, 0.2) is 48.5 Å². The minimum absolute atomic E-state index is 0.180. The van der Waals surface area contributed by atoms with Crippen molar-refractivity contribution in [3.8, 4) is 22.5 Å². The normalized spacial score (nSPS) is 29.1. The topological polar surface area (TPSA) is 81.4 Å². The van der Waals surface area contributed by atoms with E-state index in [2.05, 4.69) is 111 Å². The second-order valence-electron chi connectivity index (χ2n) is 15.0. The maximum absolute atomic E-state index is 4.91. The minimum Gasteiger partial charge on any atom is -0.383 e. The molecular weight excluding hydrogens is 516 g/mol. The Kier molecular flexibility index (Phi) is 5.30. The van der Waals surface area contributed by atoms with Gasteiger partial charge in [-0.3, -0.25) is 10.2 Å². The van der Waals surface area contributed by atoms with Crippen molar-refractivity contribution in [2.24, 2.45) is 10.8 Å². The smallest absolute Gasteiger partial charge is 0.0979 e. The molecule has 4 aliphatic carbocycles. The summed E-state index contributed by atoms with van der Waals surface area (Å²) < 4.78 is 0. The minimum atomic E-state index is 0.180. The highest BCUT2D eigenvalue weighted by molar-refractivity contribution is 5.81. The van der Waals surface area contributed by atoms with E-state index in [-0.39, 0.29) is 21.7 Å². The Balaban J connectivity index is 1.02. The average molecular weight is 561 g/mol. The van der Waals surface area contributed by atoms with Crippen molar-refractivity contribution in [2.45, 2.75) is 89.9 Å². The maximum atomic E-state index is 4.91. The van der Waals surface area contributed by atoms with Gasteiger partial charge in [0.05, 0.1) is 11.4 Å². The second-order valence-corrected chi connectivity index (χ2v) is 15.0. The SMILES string of the molecule is CC1(C)[C@@H]2CC[C@@]1(C)c1[nH]nc(-c3ccccc3NCCNc3ccccc3-c3n[nH]c4c3[C@H]3CC[C@]4(C)C3(C)C)c12. The quantitative estimate of drug-likeness (QED) is 0.171. The summed E-state index contributed by atoms with van der Waals surface area (Å²) >= 11 is 0. The standard InChI is InChI=1S/C36H44N6/c1-33(2)23-15-17-35(33,5)31-27(23)29(39-41-31)21-11-7-9-13-25(21)37-19-20-38-26-14-10-8-12-22(26)30-28-24-16-18-36(6,34(24,3)4)32(28)42-40-30/h7-14,23-24,37-38H,15-20H2,1-6H3,(H,39,41)(H,40,42)/t23-,24-,35+,36+/m1/s1. The first-order chi connectivity index (χ1) is 20.1. The Hall–Kier alpha value is -3.54. The Morgan fingerprint density at radius 3 is 1.48 bits per heavy atom. The van der Waals surface area contributed by atoms with Gasteiger partial charge in [-0.2, -0.15) is 10.2 Å². The number of rotatable bonds is 7. The molecule has 2 aromatic heterocycles. The summed E-state index contributed by atoms with van der Waals surface area (Å²) in [6.07, 6.45) is 4.98. The Labute approximate surface area is 249 Å². The van der Waals surface area contributed by atoms with Gasteiger partial charge in [0.2, 0.25) is 0 Å². The van der Waals surface area contributed by atoms with Gasteiger partial charge in [-0.05, 0) is 60.5 Å². The molecular formula is C36H44N6. The summed E-state index contributed by atoms with van der Waals surface area (Å²) in [5, 5.41) is 24.2. The number of fused-ring (bicyclic) bond motifs is 10. The summed E-state index contributed by atoms with van der Waals surface area (Å²) in [6, 6.07) is 17.3. The van der Waals surface area contributed by atoms with Crippen molar-refractivity contribution in [2.75, 3.05) is 23.7 Å². The Morgan fingerprint density at radius 1 is 0.643 bits per heavy atom. The van der Waals surface area contributed by atoms with Gasteiger partial charge in [0.25, 0.3) is 0 Å². The van der Waals surface area contributed by atoms with Crippen LogP contribution >= 0.6 is 0 Å². The van der Waals surface area contributed by atoms with Crippen LogP contribution in [-0.2, 0) is 10.8 Å². The van der Waals surface area contributed by atoms with Crippen LogP contribution in [0.1, 0.15) is 102 Å². The number of benzene rings is 2. The van der Waals surface area contributed by atoms with Crippen LogP contribution in [0.2, 0.25) is 0 Å². The van der Waals surface area contributed by atoms with E-state index in [0.717, 1.165) is 35.9 Å². The number of aromatic amines is 2. The monoisotopic (exact) mass is 560 g/mol. The fourth-order valence-corrected chi connectivity index (χ4v) is 9.62. The number of nitrogens with zero attached hydrogens (tertiary/aromatic N) is 2. The van der Waals surface area contributed by atoms with E-state index >= 15 is 0 Å². The molecule has 4 atom stereocenters. The van der Waals surface area contributed by atoms with Crippen molar-refractivity contribution in [1.29, 1.82) is 0 Å². The van der Waals surface area contributed by atoms with E-state index in [1.165, 1.54) is 59.3 Å². The number of para-hydroxylation sites is 2. The number of anilines is 2. The van der Waals surface area contributed by atoms with Crippen LogP contribution in [0.25, 0.3) is 22.5 Å². The maximum Gasteiger partial charge on any atom is 0.0979 e. The van der Waals surface area contributed by atoms with E-state index in [1.54, 1.807) is 0 Å². The number of hydrogen-bond donors (Lipinski definition) is 4. The van der Waals surface area contributed by atoms with E-state index in [9.17, 15) is 0 Å². The molecule has 2 saturated carbocycles. The van der Waals surface area contributed by atoms with Crippen LogP contribution in [0, 0.1) is 10.8 Å². The number of aromatic nitrogens is 4. The number of H-pyrrole nitrogens is 2. The zero-order chi connectivity index (χ0) is 29.1. The molecule has 0 amide bonds. The fraction of sp³-hybridized carbons (Fsp3) is 0.500. The molecule has 0 unspecified atom stereocenters. The highest BCUT2D eigenvalue weighted by Gasteiger charge is 2.62. The van der Waals surface area contributed by atoms with Crippen molar-refractivity contribution in [3.05, 3.63) is 71.0 Å². The predicted octanol–water partition coefficient (Wildman–Crippen LogP) is 8.34. The molecule has 218 valence electrons. The third-order valence-electron chi connectivity index (χ3n) is 13.0. The largest absolute Gasteiger partial charge is 0.383 e. The third-order valence-corrected chi connectivity index (χ3v) is 13.0. The Bertz CT molecular complexity index is 1580. The Morgan fingerprint density at radius 2 is 1.05 bits per heavy atom. The lowest BCUT2D eigenvalue weighted by molar-refractivity contribution is 0.225. The molecule has 4 bridgehead atoms. The second kappa shape index (κ2) is 8.52. The number of nitrogens with one attached hydrogen (secondary N) is 4. The molecule has 4 aliphatic rings. The van der Waals surface area contributed by atoms with Gasteiger partial charge in [0, 0.05) is 68.9 Å². The molecule has 6 heteroatoms. The van der Waals surface area contributed by atoms with E-state index in [0.29, 0.717) is 11.8 Å². The van der Waals surface area contributed by atoms with E-state index in [4.69, 9.17) is 10.2 Å². The summed E-state index contributed by atoms with van der Waals surface area (Å²) in [5.41, 5.74) is 13.4. The van der Waals surface area contributed by atoms with E-state index in [1.807, 2.05) is 0 Å². The molecule has 8 rings (SSSR count). The van der Waals surface area contributed by atoms with Crippen molar-refractivity contribution in [1.82, 2.24) is 20.4 Å². The van der Waals surface area contributed by atoms with Gasteiger partial charge < -0.3 is 10.6 Å². The first kappa shape index (κ1) is 26.1. The van der Waals surface area contributed by atoms with Crippen LogP contribution in [0.3, 0.4) is 0 Å². The van der Waals surface area contributed by atoms with Crippen LogP contribution in [0.4, 0.5) is 11.4 Å². The first-order valence-corrected chi connectivity index (χ1v) is 15.9. The molecule has 4 N–H and O–H groups in total. The zero-order valence-electron chi connectivity index (χ0n) is 25.9. The van der Waals surface area contributed by atoms with Crippen LogP contribution in [0.5, 0.6) is 0 Å². The predicted molar refractivity (Wildman–Crippen MR) is 171 cm³/mol. The van der Waals surface area contributed by atoms with Gasteiger partial charge in [-0.1, -0.05) is 77.9 Å². The van der Waals surface area contributed by atoms with Gasteiger partial charge in [-0.15, -0.1) is 0 Å². The zero-order valence-corrected chi connectivity index (χ0v) is 25.9. The molecule has 2 fully saturated rings. The molecule has 0 radical (unpaired) electrons. The summed E-state index contributed by atoms with van der Waals surface area (Å²) in [5.74, 6) is 1.12. The molecule has 0 aliphatic heterocycles. The third kappa shape index (κ3) is 3.11. The van der Waals surface area contributed by atoms with Crippen LogP contribution < -0.4 is 10.6 Å². The number of hydrogen-bond acceptors (Lipinski definition) is 4. The summed E-state index contributed by atoms with van der Waals surface area (Å²) in [7, 11) is 0. The van der Waals surface area contributed by atoms with Gasteiger partial charge in [0.1, 0.15) is 0 Å². The average Bonchev–Trinajstić information content (AvgIpc) is 3.76. The lowest BCUT2D eigenvalue weighted by Gasteiger charge is -2.34.